The van der Waals surface area contributed by atoms with Crippen molar-refractivity contribution in [2.24, 2.45) is 0 Å². The van der Waals surface area contributed by atoms with E-state index in [0.29, 0.717) is 5.69 Å². The van der Waals surface area contributed by atoms with Crippen LogP contribution in [0.1, 0.15) is 18.5 Å². The number of hydrogen-bond donors (Lipinski definition) is 1. The van der Waals surface area contributed by atoms with Gasteiger partial charge in [0.25, 0.3) is 0 Å². The predicted octanol–water partition coefficient (Wildman–Crippen LogP) is 0.738. The summed E-state index contributed by atoms with van der Waals surface area (Å²) in [5.41, 5.74) is -1.07. The summed E-state index contributed by atoms with van der Waals surface area (Å²) in [6.07, 6.45) is 8.47. The van der Waals surface area contributed by atoms with Crippen LogP contribution in [0.4, 0.5) is 4.39 Å². The summed E-state index contributed by atoms with van der Waals surface area (Å²) in [4.78, 5) is 11.7. The van der Waals surface area contributed by atoms with E-state index in [4.69, 9.17) is 0 Å². The Kier molecular flexibility index (Phi) is 4.20. The van der Waals surface area contributed by atoms with Gasteiger partial charge in [0.05, 0.1) is 18.3 Å². The van der Waals surface area contributed by atoms with Gasteiger partial charge < -0.3 is 5.11 Å². The molecule has 10 nitrogen and oxygen atoms in total. The number of nitrogens with zero attached hydrogens (tertiary/aromatic N) is 9. The van der Waals surface area contributed by atoms with Crippen LogP contribution < -0.4 is 0 Å². The molecule has 11 heteroatoms. The summed E-state index contributed by atoms with van der Waals surface area (Å²) < 4.78 is 19.4. The Morgan fingerprint density at radius 3 is 2.41 bits per heavy atom. The monoisotopic (exact) mass is 369 g/mol. The second kappa shape index (κ2) is 6.68. The zero-order chi connectivity index (χ0) is 18.9. The molecule has 0 saturated heterocycles. The number of rotatable bonds is 6. The lowest BCUT2D eigenvalue weighted by Crippen LogP contribution is -2.40. The van der Waals surface area contributed by atoms with E-state index in [0.717, 1.165) is 0 Å². The lowest BCUT2D eigenvalue weighted by Gasteiger charge is -2.34. The fraction of sp³-hybridized carbons (Fsp3) is 0.250. The van der Waals surface area contributed by atoms with E-state index >= 15 is 4.39 Å². The third-order valence-electron chi connectivity index (χ3n) is 4.50. The van der Waals surface area contributed by atoms with Crippen molar-refractivity contribution in [2.45, 2.75) is 25.1 Å². The van der Waals surface area contributed by atoms with E-state index < -0.39 is 17.5 Å². The van der Waals surface area contributed by atoms with Gasteiger partial charge in [0.2, 0.25) is 0 Å². The lowest BCUT2D eigenvalue weighted by molar-refractivity contribution is -0.0369. The van der Waals surface area contributed by atoms with Gasteiger partial charge in [0.15, 0.2) is 0 Å². The maximum Gasteiger partial charge on any atom is 0.138 e. The Labute approximate surface area is 153 Å². The van der Waals surface area contributed by atoms with Crippen LogP contribution in [0.3, 0.4) is 0 Å². The maximum atomic E-state index is 15.1. The van der Waals surface area contributed by atoms with E-state index in [9.17, 15) is 5.11 Å². The maximum absolute atomic E-state index is 15.1. The molecule has 3 aromatic heterocycles. The van der Waals surface area contributed by atoms with E-state index in [1.54, 1.807) is 13.0 Å². The fourth-order valence-corrected chi connectivity index (χ4v) is 2.98. The second-order valence-corrected chi connectivity index (χ2v) is 6.07. The predicted molar refractivity (Wildman–Crippen MR) is 90.0 cm³/mol. The van der Waals surface area contributed by atoms with Crippen LogP contribution in [-0.2, 0) is 12.1 Å². The van der Waals surface area contributed by atoms with Crippen LogP contribution in [0.15, 0.2) is 56.2 Å². The first-order chi connectivity index (χ1) is 13.1. The molecule has 3 heterocycles. The number of benzene rings is 1. The molecule has 138 valence electrons. The van der Waals surface area contributed by atoms with E-state index in [2.05, 4.69) is 30.2 Å². The quantitative estimate of drug-likeness (QED) is 0.533. The standard InChI is InChI=1S/C16H16FN9O/c1-12(25-10-19-7-22-25)16(27,5-24-9-18-6-21-24)14-3-2-13(4-15(14)17)26-11-20-8-23-26/h2-4,6-12,27H,5H2,1H3/t12-,16-/m1/s1. The van der Waals surface area contributed by atoms with E-state index in [1.807, 2.05) is 0 Å². The Hall–Kier alpha value is -3.47. The van der Waals surface area contributed by atoms with Crippen LogP contribution >= 0.6 is 0 Å². The molecular formula is C16H16FN9O. The molecule has 4 rings (SSSR count). The molecule has 0 amide bonds. The van der Waals surface area contributed by atoms with Gasteiger partial charge in [-0.2, -0.15) is 15.3 Å². The summed E-state index contributed by atoms with van der Waals surface area (Å²) in [6.45, 7) is 1.71. The normalized spacial score (nSPS) is 14.8. The Morgan fingerprint density at radius 1 is 1.04 bits per heavy atom. The van der Waals surface area contributed by atoms with Gasteiger partial charge in [-0.15, -0.1) is 0 Å². The second-order valence-electron chi connectivity index (χ2n) is 6.07. The molecule has 0 aliphatic carbocycles. The van der Waals surface area contributed by atoms with Gasteiger partial charge in [0, 0.05) is 5.56 Å². The van der Waals surface area contributed by atoms with Crippen molar-refractivity contribution in [3.8, 4) is 5.69 Å². The Bertz CT molecular complexity index is 1000. The molecule has 0 radical (unpaired) electrons. The summed E-state index contributed by atoms with van der Waals surface area (Å²) in [7, 11) is 0. The first-order valence-electron chi connectivity index (χ1n) is 8.12. The minimum Gasteiger partial charge on any atom is -0.381 e. The molecule has 0 fully saturated rings. The molecule has 1 aromatic carbocycles. The third-order valence-corrected chi connectivity index (χ3v) is 4.50. The van der Waals surface area contributed by atoms with Crippen LogP contribution in [-0.4, -0.2) is 49.4 Å². The summed E-state index contributed by atoms with van der Waals surface area (Å²) >= 11 is 0. The van der Waals surface area contributed by atoms with Crippen LogP contribution in [0.5, 0.6) is 0 Å². The van der Waals surface area contributed by atoms with E-state index in [1.165, 1.54) is 64.1 Å². The molecule has 0 saturated carbocycles. The highest BCUT2D eigenvalue weighted by atomic mass is 19.1. The van der Waals surface area contributed by atoms with Crippen LogP contribution in [0.25, 0.3) is 5.69 Å². The van der Waals surface area contributed by atoms with Crippen molar-refractivity contribution in [3.05, 3.63) is 67.5 Å². The minimum atomic E-state index is -1.66. The molecule has 0 aliphatic rings. The Balaban J connectivity index is 1.78. The summed E-state index contributed by atoms with van der Waals surface area (Å²) in [5, 5.41) is 23.6. The highest BCUT2D eigenvalue weighted by Crippen LogP contribution is 2.36. The van der Waals surface area contributed by atoms with Gasteiger partial charge in [-0.3, -0.25) is 0 Å². The number of hydrogen-bond acceptors (Lipinski definition) is 7. The van der Waals surface area contributed by atoms with Crippen molar-refractivity contribution in [1.82, 2.24) is 44.3 Å². The SMILES string of the molecule is C[C@@H](n1cncn1)[C@](O)(Cn1cncn1)c1ccc(-n2cncn2)cc1F. The van der Waals surface area contributed by atoms with Gasteiger partial charge in [-0.1, -0.05) is 6.07 Å². The smallest absolute Gasteiger partial charge is 0.138 e. The number of aliphatic hydroxyl groups is 1. The largest absolute Gasteiger partial charge is 0.381 e. The average molecular weight is 369 g/mol. The molecule has 0 bridgehead atoms. The van der Waals surface area contributed by atoms with Gasteiger partial charge in [-0.05, 0) is 19.1 Å². The van der Waals surface area contributed by atoms with Crippen molar-refractivity contribution >= 4 is 0 Å². The third kappa shape index (κ3) is 3.08. The summed E-state index contributed by atoms with van der Waals surface area (Å²) in [6, 6.07) is 3.85. The minimum absolute atomic E-state index is 0.0202. The van der Waals surface area contributed by atoms with Crippen LogP contribution in [0, 0.1) is 5.82 Å². The highest BCUT2D eigenvalue weighted by Gasteiger charge is 2.40. The van der Waals surface area contributed by atoms with Gasteiger partial charge in [-0.25, -0.2) is 33.4 Å². The lowest BCUT2D eigenvalue weighted by atomic mass is 9.86. The molecule has 1 N–H and O–H groups in total. The van der Waals surface area contributed by atoms with Crippen molar-refractivity contribution in [3.63, 3.8) is 0 Å². The number of halogens is 1. The zero-order valence-corrected chi connectivity index (χ0v) is 14.3. The average Bonchev–Trinajstić information content (AvgIpc) is 3.43. The van der Waals surface area contributed by atoms with E-state index in [-0.39, 0.29) is 12.1 Å². The molecule has 4 aromatic rings. The molecule has 0 spiro atoms. The van der Waals surface area contributed by atoms with Gasteiger partial charge >= 0.3 is 0 Å². The number of aromatic nitrogens is 9. The zero-order valence-electron chi connectivity index (χ0n) is 14.3. The molecule has 2 atom stereocenters. The molecule has 27 heavy (non-hydrogen) atoms. The van der Waals surface area contributed by atoms with Crippen molar-refractivity contribution < 1.29 is 9.50 Å². The molecular weight excluding hydrogens is 353 g/mol. The topological polar surface area (TPSA) is 112 Å². The summed E-state index contributed by atoms with van der Waals surface area (Å²) in [5.74, 6) is -0.586. The Morgan fingerprint density at radius 2 is 1.78 bits per heavy atom. The highest BCUT2D eigenvalue weighted by molar-refractivity contribution is 5.37. The van der Waals surface area contributed by atoms with Crippen molar-refractivity contribution in [1.29, 1.82) is 0 Å². The molecule has 0 aliphatic heterocycles. The van der Waals surface area contributed by atoms with Crippen LogP contribution in [0.2, 0.25) is 0 Å². The van der Waals surface area contributed by atoms with Crippen molar-refractivity contribution in [2.75, 3.05) is 0 Å². The molecule has 0 unspecified atom stereocenters. The fourth-order valence-electron chi connectivity index (χ4n) is 2.98. The first-order valence-corrected chi connectivity index (χ1v) is 8.12. The van der Waals surface area contributed by atoms with Gasteiger partial charge in [0.1, 0.15) is 49.4 Å². The first kappa shape index (κ1) is 17.0.